The van der Waals surface area contributed by atoms with E-state index in [1.807, 2.05) is 24.6 Å². The highest BCUT2D eigenvalue weighted by molar-refractivity contribution is 7.09. The van der Waals surface area contributed by atoms with Crippen molar-refractivity contribution < 1.29 is 55.7 Å². The molecule has 2 aliphatic heterocycles. The fraction of sp³-hybridized carbons (Fsp3) is 0.636. The zero-order chi connectivity index (χ0) is 29.1. The molecule has 2 aliphatic rings. The summed E-state index contributed by atoms with van der Waals surface area (Å²) in [4.78, 5) is 39.8. The van der Waals surface area contributed by atoms with Crippen LogP contribution in [-0.2, 0) is 25.7 Å². The molecular formula is C22H29F6N3O6S. The van der Waals surface area contributed by atoms with E-state index in [-0.39, 0.29) is 11.4 Å². The van der Waals surface area contributed by atoms with Gasteiger partial charge < -0.3 is 14.9 Å². The Hall–Kier alpha value is -2.72. The molecule has 0 aromatic carbocycles. The first kappa shape index (κ1) is 33.3. The van der Waals surface area contributed by atoms with Crippen molar-refractivity contribution >= 4 is 29.2 Å². The summed E-state index contributed by atoms with van der Waals surface area (Å²) in [6, 6.07) is 0. The molecule has 1 aromatic rings. The van der Waals surface area contributed by atoms with Gasteiger partial charge in [0, 0.05) is 43.7 Å². The predicted molar refractivity (Wildman–Crippen MR) is 123 cm³/mol. The van der Waals surface area contributed by atoms with Gasteiger partial charge in [-0.2, -0.15) is 26.3 Å². The number of thiazole rings is 1. The van der Waals surface area contributed by atoms with Crippen LogP contribution in [0.25, 0.3) is 0 Å². The van der Waals surface area contributed by atoms with Crippen molar-refractivity contribution in [3.63, 3.8) is 0 Å². The molecule has 3 rings (SSSR count). The Morgan fingerprint density at radius 3 is 2.16 bits per heavy atom. The number of carboxylic acids is 2. The summed E-state index contributed by atoms with van der Waals surface area (Å²) < 4.78 is 69.0. The monoisotopic (exact) mass is 577 g/mol. The number of likely N-dealkylation sites (tertiary alicyclic amines) is 2. The van der Waals surface area contributed by atoms with Gasteiger partial charge in [0.15, 0.2) is 0 Å². The lowest BCUT2D eigenvalue weighted by Crippen LogP contribution is -2.42. The van der Waals surface area contributed by atoms with Gasteiger partial charge in [-0.1, -0.05) is 6.08 Å². The van der Waals surface area contributed by atoms with Gasteiger partial charge in [-0.3, -0.25) is 14.6 Å². The summed E-state index contributed by atoms with van der Waals surface area (Å²) in [6.07, 6.45) is -4.43. The van der Waals surface area contributed by atoms with Crippen molar-refractivity contribution in [2.24, 2.45) is 11.3 Å². The molecule has 0 bridgehead atoms. The van der Waals surface area contributed by atoms with Crippen LogP contribution in [-0.4, -0.2) is 94.6 Å². The number of hydrogen-bond acceptors (Lipinski definition) is 8. The van der Waals surface area contributed by atoms with E-state index in [9.17, 15) is 31.1 Å². The van der Waals surface area contributed by atoms with Crippen molar-refractivity contribution in [3.05, 3.63) is 29.2 Å². The van der Waals surface area contributed by atoms with Gasteiger partial charge in [-0.05, 0) is 26.3 Å². The molecule has 16 heteroatoms. The van der Waals surface area contributed by atoms with Crippen molar-refractivity contribution in [3.8, 4) is 0 Å². The molecular weight excluding hydrogens is 548 g/mol. The third kappa shape index (κ3) is 10.2. The minimum atomic E-state index is -5.08. The molecule has 2 atom stereocenters. The van der Waals surface area contributed by atoms with E-state index in [0.29, 0.717) is 12.5 Å². The van der Waals surface area contributed by atoms with Crippen LogP contribution in [0.15, 0.2) is 24.2 Å². The van der Waals surface area contributed by atoms with E-state index in [1.54, 1.807) is 11.3 Å². The number of carbonyl (C=O) groups excluding carboxylic acids is 1. The van der Waals surface area contributed by atoms with E-state index < -0.39 is 24.3 Å². The van der Waals surface area contributed by atoms with Crippen molar-refractivity contribution in [1.29, 1.82) is 0 Å². The third-order valence-corrected chi connectivity index (χ3v) is 6.50. The van der Waals surface area contributed by atoms with E-state index in [4.69, 9.17) is 24.5 Å². The smallest absolute Gasteiger partial charge is 0.475 e. The minimum Gasteiger partial charge on any atom is -0.475 e. The van der Waals surface area contributed by atoms with Crippen LogP contribution in [0.2, 0.25) is 0 Å². The maximum absolute atomic E-state index is 12.8. The number of ether oxygens (including phenoxy) is 1. The minimum absolute atomic E-state index is 0.00217. The molecule has 0 unspecified atom stereocenters. The Balaban J connectivity index is 0.000000426. The fourth-order valence-corrected chi connectivity index (χ4v) is 4.87. The van der Waals surface area contributed by atoms with E-state index >= 15 is 0 Å². The lowest BCUT2D eigenvalue weighted by Gasteiger charge is -2.31. The molecule has 0 amide bonds. The summed E-state index contributed by atoms with van der Waals surface area (Å²) in [5.41, 5.74) is -0.351. The first-order valence-corrected chi connectivity index (χ1v) is 12.2. The van der Waals surface area contributed by atoms with Gasteiger partial charge in [-0.25, -0.2) is 14.6 Å². The molecule has 0 saturated carbocycles. The van der Waals surface area contributed by atoms with Gasteiger partial charge in [0.2, 0.25) is 0 Å². The number of carboxylic acid groups (broad SMARTS) is 2. The first-order valence-electron chi connectivity index (χ1n) is 11.3. The average Bonchev–Trinajstić information content (AvgIpc) is 3.38. The highest BCUT2D eigenvalue weighted by atomic mass is 32.1. The van der Waals surface area contributed by atoms with E-state index in [2.05, 4.69) is 21.4 Å². The summed E-state index contributed by atoms with van der Waals surface area (Å²) in [7, 11) is 0. The van der Waals surface area contributed by atoms with Crippen LogP contribution in [0.1, 0.15) is 24.8 Å². The van der Waals surface area contributed by atoms with E-state index in [0.717, 1.165) is 57.1 Å². The van der Waals surface area contributed by atoms with Crippen LogP contribution < -0.4 is 0 Å². The largest absolute Gasteiger partial charge is 0.490 e. The highest BCUT2D eigenvalue weighted by Crippen LogP contribution is 2.44. The van der Waals surface area contributed by atoms with Crippen LogP contribution >= 0.6 is 11.3 Å². The molecule has 38 heavy (non-hydrogen) atoms. The highest BCUT2D eigenvalue weighted by Gasteiger charge is 2.53. The summed E-state index contributed by atoms with van der Waals surface area (Å²) in [5.74, 6) is -5.20. The van der Waals surface area contributed by atoms with Crippen LogP contribution in [0.5, 0.6) is 0 Å². The SMILES string of the molecule is C=CCN1C[C@@H]2CN(Cc3nccs3)CCC[C@]2(C(=O)OCC)C1.O=C(O)C(F)(F)F.O=C(O)C(F)(F)F. The number of halogens is 6. The van der Waals surface area contributed by atoms with Crippen LogP contribution in [0, 0.1) is 11.3 Å². The topological polar surface area (TPSA) is 120 Å². The molecule has 0 radical (unpaired) electrons. The van der Waals surface area contributed by atoms with Crippen molar-refractivity contribution in [2.45, 2.75) is 38.7 Å². The third-order valence-electron chi connectivity index (χ3n) is 5.74. The van der Waals surface area contributed by atoms with Gasteiger partial charge >= 0.3 is 30.3 Å². The van der Waals surface area contributed by atoms with E-state index in [1.165, 1.54) is 0 Å². The molecule has 3 heterocycles. The second kappa shape index (κ2) is 14.4. The Kier molecular flexibility index (Phi) is 12.7. The zero-order valence-corrected chi connectivity index (χ0v) is 21.2. The molecule has 2 fully saturated rings. The molecule has 1 aromatic heterocycles. The normalized spacial score (nSPS) is 22.0. The number of fused-ring (bicyclic) bond motifs is 1. The maximum Gasteiger partial charge on any atom is 0.490 e. The molecule has 2 saturated heterocycles. The average molecular weight is 578 g/mol. The van der Waals surface area contributed by atoms with Crippen molar-refractivity contribution in [2.75, 3.05) is 39.3 Å². The number of rotatable bonds is 6. The first-order chi connectivity index (χ1) is 17.6. The number of aliphatic carboxylic acids is 2. The van der Waals surface area contributed by atoms with Gasteiger partial charge in [0.05, 0.1) is 18.6 Å². The molecule has 0 spiro atoms. The van der Waals surface area contributed by atoms with Gasteiger partial charge in [0.25, 0.3) is 0 Å². The molecule has 9 nitrogen and oxygen atoms in total. The molecule has 2 N–H and O–H groups in total. The predicted octanol–water partition coefficient (Wildman–Crippen LogP) is 3.67. The van der Waals surface area contributed by atoms with Gasteiger partial charge in [-0.15, -0.1) is 17.9 Å². The number of carbonyl (C=O) groups is 3. The standard InChI is InChI=1S/C18H27N3O2S.2C2HF3O2/c1-3-8-21-12-15-11-20(13-16-19-7-10-24-16)9-5-6-18(15,14-21)17(22)23-4-2;2*3-2(4,5)1(6)7/h3,7,10,15H,1,4-6,8-9,11-14H2,2H3;2*(H,6,7)/t15-,18-;;/m0../s1. The summed E-state index contributed by atoms with van der Waals surface area (Å²) >= 11 is 1.70. The number of esters is 1. The van der Waals surface area contributed by atoms with Gasteiger partial charge in [0.1, 0.15) is 5.01 Å². The number of aromatic nitrogens is 1. The van der Waals surface area contributed by atoms with Crippen LogP contribution in [0.3, 0.4) is 0 Å². The zero-order valence-electron chi connectivity index (χ0n) is 20.4. The Morgan fingerprint density at radius 1 is 1.16 bits per heavy atom. The number of nitrogens with zero attached hydrogens (tertiary/aromatic N) is 3. The second-order valence-corrected chi connectivity index (χ2v) is 9.41. The number of alkyl halides is 6. The molecule has 0 aliphatic carbocycles. The lowest BCUT2D eigenvalue weighted by molar-refractivity contribution is -0.193. The van der Waals surface area contributed by atoms with Crippen LogP contribution in [0.4, 0.5) is 26.3 Å². The summed E-state index contributed by atoms with van der Waals surface area (Å²) in [5, 5.41) is 17.4. The second-order valence-electron chi connectivity index (χ2n) is 8.43. The summed E-state index contributed by atoms with van der Waals surface area (Å²) in [6.45, 7) is 11.6. The maximum atomic E-state index is 12.8. The lowest BCUT2D eigenvalue weighted by atomic mass is 9.75. The Bertz CT molecular complexity index is 904. The number of hydrogen-bond donors (Lipinski definition) is 2. The van der Waals surface area contributed by atoms with Crippen molar-refractivity contribution in [1.82, 2.24) is 14.8 Å². The fourth-order valence-electron chi connectivity index (χ4n) is 4.21. The Labute approximate surface area is 218 Å². The molecule has 216 valence electrons. The quantitative estimate of drug-likeness (QED) is 0.297. The Morgan fingerprint density at radius 2 is 1.71 bits per heavy atom.